The summed E-state index contributed by atoms with van der Waals surface area (Å²) in [5.41, 5.74) is 4.28. The fraction of sp³-hybridized carbons (Fsp3) is 0.160. The lowest BCUT2D eigenvalue weighted by Crippen LogP contribution is -2.34. The van der Waals surface area contributed by atoms with Gasteiger partial charge in [0.15, 0.2) is 10.7 Å². The van der Waals surface area contributed by atoms with Crippen molar-refractivity contribution in [1.29, 1.82) is 0 Å². The number of halogens is 1. The number of ether oxygens (including phenoxy) is 1. The summed E-state index contributed by atoms with van der Waals surface area (Å²) in [5, 5.41) is 6.21. The highest BCUT2D eigenvalue weighted by Crippen LogP contribution is 2.30. The van der Waals surface area contributed by atoms with Crippen LogP contribution in [0.4, 0.5) is 5.69 Å². The van der Waals surface area contributed by atoms with Gasteiger partial charge in [-0.25, -0.2) is 4.98 Å². The molecule has 0 unspecified atom stereocenters. The Hall–Kier alpha value is -3.42. The van der Waals surface area contributed by atoms with Crippen LogP contribution in [0.1, 0.15) is 29.3 Å². The van der Waals surface area contributed by atoms with E-state index in [4.69, 9.17) is 33.0 Å². The molecule has 2 N–H and O–H groups in total. The first kappa shape index (κ1) is 22.8. The number of amides is 1. The number of benzene rings is 3. The topological polar surface area (TPSA) is 76.4 Å². The van der Waals surface area contributed by atoms with E-state index < -0.39 is 0 Å². The van der Waals surface area contributed by atoms with Crippen molar-refractivity contribution in [3.63, 3.8) is 0 Å². The minimum atomic E-state index is -0.351. The summed E-state index contributed by atoms with van der Waals surface area (Å²) in [4.78, 5) is 17.2. The Morgan fingerprint density at radius 2 is 2.00 bits per heavy atom. The van der Waals surface area contributed by atoms with Gasteiger partial charge in [0.25, 0.3) is 5.91 Å². The maximum Gasteiger partial charge on any atom is 0.257 e. The van der Waals surface area contributed by atoms with Gasteiger partial charge in [0, 0.05) is 11.1 Å². The van der Waals surface area contributed by atoms with E-state index in [0.29, 0.717) is 40.1 Å². The minimum absolute atomic E-state index is 0.118. The third kappa shape index (κ3) is 5.50. The third-order valence-corrected chi connectivity index (χ3v) is 5.33. The number of anilines is 1. The van der Waals surface area contributed by atoms with Gasteiger partial charge in [0.05, 0.1) is 17.3 Å². The number of carbonyl (C=O) groups is 1. The number of hydrogen-bond donors (Lipinski definition) is 2. The zero-order valence-electron chi connectivity index (χ0n) is 18.1. The Kier molecular flexibility index (Phi) is 6.91. The first-order valence-electron chi connectivity index (χ1n) is 10.5. The van der Waals surface area contributed by atoms with Crippen molar-refractivity contribution >= 4 is 51.6 Å². The highest BCUT2D eigenvalue weighted by Gasteiger charge is 2.13. The number of nitrogens with one attached hydrogen (secondary N) is 2. The van der Waals surface area contributed by atoms with E-state index in [1.165, 1.54) is 0 Å². The Balaban J connectivity index is 1.48. The maximum atomic E-state index is 12.6. The predicted octanol–water partition coefficient (Wildman–Crippen LogP) is 6.37. The van der Waals surface area contributed by atoms with Gasteiger partial charge in [0.2, 0.25) is 5.89 Å². The molecule has 0 aliphatic carbocycles. The van der Waals surface area contributed by atoms with E-state index in [-0.39, 0.29) is 11.0 Å². The van der Waals surface area contributed by atoms with Gasteiger partial charge in [-0.05, 0) is 79.7 Å². The number of thiocarbonyl (C=S) groups is 1. The number of aryl methyl sites for hydroxylation is 1. The number of carbonyl (C=O) groups excluding carboxylic acids is 1. The molecule has 0 aliphatic rings. The van der Waals surface area contributed by atoms with Crippen LogP contribution in [-0.2, 0) is 0 Å². The van der Waals surface area contributed by atoms with E-state index in [1.54, 1.807) is 30.3 Å². The van der Waals surface area contributed by atoms with Crippen molar-refractivity contribution in [2.45, 2.75) is 20.3 Å². The average Bonchev–Trinajstić information content (AvgIpc) is 3.22. The number of oxazole rings is 1. The highest BCUT2D eigenvalue weighted by molar-refractivity contribution is 7.80. The zero-order chi connectivity index (χ0) is 23.4. The molecule has 0 fully saturated rings. The first-order chi connectivity index (χ1) is 15.9. The molecule has 0 aliphatic heterocycles. The Morgan fingerprint density at radius 3 is 2.82 bits per heavy atom. The third-order valence-electron chi connectivity index (χ3n) is 4.80. The number of nitrogens with zero attached hydrogens (tertiary/aromatic N) is 1. The van der Waals surface area contributed by atoms with Crippen molar-refractivity contribution in [3.8, 4) is 17.2 Å². The Labute approximate surface area is 201 Å². The summed E-state index contributed by atoms with van der Waals surface area (Å²) in [7, 11) is 0. The Bertz CT molecular complexity index is 1340. The van der Waals surface area contributed by atoms with Crippen molar-refractivity contribution in [2.24, 2.45) is 0 Å². The smallest absolute Gasteiger partial charge is 0.257 e. The monoisotopic (exact) mass is 479 g/mol. The van der Waals surface area contributed by atoms with Crippen LogP contribution in [-0.4, -0.2) is 22.6 Å². The van der Waals surface area contributed by atoms with Crippen molar-refractivity contribution in [1.82, 2.24) is 10.3 Å². The second-order valence-electron chi connectivity index (χ2n) is 7.47. The van der Waals surface area contributed by atoms with Crippen LogP contribution in [0.15, 0.2) is 65.1 Å². The highest BCUT2D eigenvalue weighted by atomic mass is 35.5. The maximum absolute atomic E-state index is 12.6. The zero-order valence-corrected chi connectivity index (χ0v) is 19.7. The second kappa shape index (κ2) is 10.0. The number of hydrogen-bond acceptors (Lipinski definition) is 5. The molecule has 0 saturated carbocycles. The van der Waals surface area contributed by atoms with Crippen molar-refractivity contribution in [3.05, 3.63) is 76.8 Å². The van der Waals surface area contributed by atoms with Crippen LogP contribution in [0.3, 0.4) is 0 Å². The Morgan fingerprint density at radius 1 is 1.15 bits per heavy atom. The van der Waals surface area contributed by atoms with E-state index in [2.05, 4.69) is 15.6 Å². The SMILES string of the molecule is CCCOc1cccc(C(=O)NC(=S)Nc2cc(-c3nc4cc(C)ccc4o3)ccc2Cl)c1. The summed E-state index contributed by atoms with van der Waals surface area (Å²) in [6, 6.07) is 18.1. The molecular weight excluding hydrogens is 458 g/mol. The largest absolute Gasteiger partial charge is 0.494 e. The summed E-state index contributed by atoms with van der Waals surface area (Å²) < 4.78 is 11.5. The quantitative estimate of drug-likeness (QED) is 0.313. The fourth-order valence-corrected chi connectivity index (χ4v) is 3.56. The van der Waals surface area contributed by atoms with Crippen LogP contribution in [0.5, 0.6) is 5.75 Å². The van der Waals surface area contributed by atoms with Gasteiger partial charge >= 0.3 is 0 Å². The van der Waals surface area contributed by atoms with Gasteiger partial charge in [-0.2, -0.15) is 0 Å². The lowest BCUT2D eigenvalue weighted by Gasteiger charge is -2.12. The molecule has 4 rings (SSSR count). The molecular formula is C25H22ClN3O3S. The van der Waals surface area contributed by atoms with E-state index in [9.17, 15) is 4.79 Å². The molecule has 8 heteroatoms. The number of aromatic nitrogens is 1. The van der Waals surface area contributed by atoms with Gasteiger partial charge < -0.3 is 14.5 Å². The molecule has 6 nitrogen and oxygen atoms in total. The first-order valence-corrected chi connectivity index (χ1v) is 11.2. The van der Waals surface area contributed by atoms with E-state index in [1.807, 2.05) is 44.2 Å². The molecule has 1 amide bonds. The van der Waals surface area contributed by atoms with Gasteiger partial charge in [-0.3, -0.25) is 10.1 Å². The van der Waals surface area contributed by atoms with Crippen LogP contribution >= 0.6 is 23.8 Å². The lowest BCUT2D eigenvalue weighted by atomic mass is 10.2. The number of fused-ring (bicyclic) bond motifs is 1. The molecule has 33 heavy (non-hydrogen) atoms. The summed E-state index contributed by atoms with van der Waals surface area (Å²) in [5.74, 6) is 0.748. The standard InChI is InChI=1S/C25H22ClN3O3S/c1-3-11-31-18-6-4-5-16(13-18)23(30)29-25(33)28-20-14-17(8-9-19(20)26)24-27-21-12-15(2)7-10-22(21)32-24/h4-10,12-14H,3,11H2,1-2H3,(H2,28,29,30,33). The van der Waals surface area contributed by atoms with Gasteiger partial charge in [-0.15, -0.1) is 0 Å². The van der Waals surface area contributed by atoms with Crippen LogP contribution < -0.4 is 15.4 Å². The average molecular weight is 480 g/mol. The molecule has 1 aromatic heterocycles. The van der Waals surface area contributed by atoms with E-state index >= 15 is 0 Å². The molecule has 4 aromatic rings. The molecule has 1 heterocycles. The molecule has 3 aromatic carbocycles. The molecule has 0 radical (unpaired) electrons. The second-order valence-corrected chi connectivity index (χ2v) is 8.28. The fourth-order valence-electron chi connectivity index (χ4n) is 3.19. The van der Waals surface area contributed by atoms with Gasteiger partial charge in [-0.1, -0.05) is 30.7 Å². The normalized spacial score (nSPS) is 10.8. The summed E-state index contributed by atoms with van der Waals surface area (Å²) in [6.45, 7) is 4.60. The minimum Gasteiger partial charge on any atom is -0.494 e. The number of rotatable bonds is 6. The van der Waals surface area contributed by atoms with Crippen LogP contribution in [0.25, 0.3) is 22.6 Å². The van der Waals surface area contributed by atoms with Crippen molar-refractivity contribution in [2.75, 3.05) is 11.9 Å². The predicted molar refractivity (Wildman–Crippen MR) is 135 cm³/mol. The molecule has 0 atom stereocenters. The molecule has 168 valence electrons. The summed E-state index contributed by atoms with van der Waals surface area (Å²) >= 11 is 11.7. The van der Waals surface area contributed by atoms with Crippen LogP contribution in [0, 0.1) is 6.92 Å². The molecule has 0 bridgehead atoms. The summed E-state index contributed by atoms with van der Waals surface area (Å²) in [6.07, 6.45) is 0.882. The van der Waals surface area contributed by atoms with E-state index in [0.717, 1.165) is 23.1 Å². The lowest BCUT2D eigenvalue weighted by molar-refractivity contribution is 0.0977. The van der Waals surface area contributed by atoms with Crippen LogP contribution in [0.2, 0.25) is 5.02 Å². The van der Waals surface area contributed by atoms with Crippen molar-refractivity contribution < 1.29 is 13.9 Å². The molecule has 0 spiro atoms. The molecule has 0 saturated heterocycles. The van der Waals surface area contributed by atoms with Gasteiger partial charge in [0.1, 0.15) is 11.3 Å².